The smallest absolute Gasteiger partial charge is 0.216 e. The topological polar surface area (TPSA) is 80.7 Å². The van der Waals surface area contributed by atoms with Gasteiger partial charge in [-0.25, -0.2) is 0 Å². The molecule has 5 aliphatic rings. The number of rotatable bonds is 2. The molecule has 28 heavy (non-hydrogen) atoms. The van der Waals surface area contributed by atoms with Crippen molar-refractivity contribution < 1.29 is 24.1 Å². The van der Waals surface area contributed by atoms with E-state index in [1.807, 2.05) is 6.92 Å². The molecule has 6 heteroatoms. The molecule has 0 amide bonds. The van der Waals surface area contributed by atoms with Gasteiger partial charge in [-0.3, -0.25) is 9.79 Å². The lowest BCUT2D eigenvalue weighted by Gasteiger charge is -2.53. The average Bonchev–Trinajstić information content (AvgIpc) is 3.42. The van der Waals surface area contributed by atoms with Crippen molar-refractivity contribution in [3.05, 3.63) is 36.0 Å². The number of hydrogen-bond donors (Lipinski definition) is 1. The first-order chi connectivity index (χ1) is 13.4. The minimum absolute atomic E-state index is 0.135. The molecule has 3 aliphatic carbocycles. The Morgan fingerprint density at radius 3 is 2.75 bits per heavy atom. The Morgan fingerprint density at radius 1 is 1.25 bits per heavy atom. The summed E-state index contributed by atoms with van der Waals surface area (Å²) in [6, 6.07) is -0.518. The van der Waals surface area contributed by atoms with Gasteiger partial charge in [0, 0.05) is 26.2 Å². The van der Waals surface area contributed by atoms with Gasteiger partial charge in [0.2, 0.25) is 11.4 Å². The number of nitrogens with zero attached hydrogens (tertiary/aromatic N) is 1. The predicted molar refractivity (Wildman–Crippen MR) is 100 cm³/mol. The van der Waals surface area contributed by atoms with E-state index in [0.29, 0.717) is 17.7 Å². The van der Waals surface area contributed by atoms with Crippen molar-refractivity contribution in [3.63, 3.8) is 0 Å². The Kier molecular flexibility index (Phi) is 3.34. The number of ketones is 1. The molecule has 6 nitrogen and oxygen atoms in total. The molecule has 0 spiro atoms. The lowest BCUT2D eigenvalue weighted by Crippen LogP contribution is -2.73. The molecule has 5 rings (SSSR count). The summed E-state index contributed by atoms with van der Waals surface area (Å²) >= 11 is 0. The average molecular weight is 377 g/mol. The van der Waals surface area contributed by atoms with E-state index in [2.05, 4.69) is 23.7 Å². The van der Waals surface area contributed by atoms with Crippen LogP contribution in [0, 0.1) is 29.6 Å². The quantitative estimate of drug-likeness (QED) is 0.332. The first-order valence-electron chi connectivity index (χ1n) is 9.15. The van der Waals surface area contributed by atoms with E-state index in [9.17, 15) is 9.90 Å². The molecule has 142 valence electrons. The molecule has 4 bridgehead atoms. The Hall–Kier alpha value is -2.48. The number of epoxide rings is 1. The summed E-state index contributed by atoms with van der Waals surface area (Å²) in [5.41, 5.74) is -3.07. The van der Waals surface area contributed by atoms with E-state index in [0.717, 1.165) is 0 Å². The molecule has 2 heterocycles. The molecule has 1 saturated carbocycles. The SMILES string of the molecule is COC1(OC)C[C@H](C)[C@@]23O[C@]24C2=CC(=O)C=CC2=N[C@H]3C#CC=CC#C[C@]14O. The fraction of sp³-hybridized carbons (Fsp3) is 0.455. The van der Waals surface area contributed by atoms with E-state index < -0.39 is 28.6 Å². The minimum Gasteiger partial charge on any atom is -0.370 e. The first-order valence-corrected chi connectivity index (χ1v) is 9.15. The molecule has 1 saturated heterocycles. The van der Waals surface area contributed by atoms with Crippen LogP contribution in [0.4, 0.5) is 0 Å². The Bertz CT molecular complexity index is 1040. The normalized spacial score (nSPS) is 43.2. The van der Waals surface area contributed by atoms with Gasteiger partial charge >= 0.3 is 0 Å². The summed E-state index contributed by atoms with van der Waals surface area (Å²) < 4.78 is 18.0. The zero-order valence-corrected chi connectivity index (χ0v) is 15.8. The van der Waals surface area contributed by atoms with Crippen molar-refractivity contribution in [2.45, 2.75) is 42.0 Å². The third-order valence-corrected chi connectivity index (χ3v) is 6.60. The standard InChI is InChI=1S/C22H19NO5/c1-14-13-20(26-2,27-3)19(25)11-7-5-4-6-8-18-21(14)22(19,28-21)16-12-15(24)9-10-17(16)23-18/h4-5,9-10,12,14,18,25H,13H2,1-3H3/t14-,18-,19-,21-,22-/m0/s1. The van der Waals surface area contributed by atoms with Crippen molar-refractivity contribution >= 4 is 11.5 Å². The van der Waals surface area contributed by atoms with Crippen molar-refractivity contribution in [1.82, 2.24) is 0 Å². The molecular weight excluding hydrogens is 358 g/mol. The molecule has 0 radical (unpaired) electrons. The molecule has 1 N–H and O–H groups in total. The van der Waals surface area contributed by atoms with Crippen molar-refractivity contribution in [1.29, 1.82) is 0 Å². The second kappa shape index (κ2) is 5.31. The van der Waals surface area contributed by atoms with Crippen LogP contribution in [-0.2, 0) is 19.0 Å². The van der Waals surface area contributed by atoms with E-state index in [1.165, 1.54) is 26.4 Å². The lowest BCUT2D eigenvalue weighted by atomic mass is 9.55. The number of aliphatic imine (C=N–C) groups is 1. The van der Waals surface area contributed by atoms with Gasteiger partial charge in [-0.1, -0.05) is 30.6 Å². The monoisotopic (exact) mass is 377 g/mol. The molecule has 0 aromatic rings. The zero-order valence-electron chi connectivity index (χ0n) is 15.8. The van der Waals surface area contributed by atoms with Gasteiger partial charge in [0.1, 0.15) is 11.6 Å². The Labute approximate surface area is 162 Å². The van der Waals surface area contributed by atoms with Gasteiger partial charge < -0.3 is 19.3 Å². The highest BCUT2D eigenvalue weighted by atomic mass is 16.7. The molecule has 0 aromatic carbocycles. The Balaban J connectivity index is 1.89. The number of methoxy groups -OCH3 is 2. The second-order valence-electron chi connectivity index (χ2n) is 7.66. The highest BCUT2D eigenvalue weighted by Gasteiger charge is 2.92. The van der Waals surface area contributed by atoms with Crippen LogP contribution >= 0.6 is 0 Å². The van der Waals surface area contributed by atoms with Gasteiger partial charge in [0.05, 0.1) is 5.71 Å². The van der Waals surface area contributed by atoms with Crippen LogP contribution in [-0.4, -0.2) is 59.5 Å². The number of ether oxygens (including phenoxy) is 3. The fourth-order valence-corrected chi connectivity index (χ4v) is 5.35. The van der Waals surface area contributed by atoms with Crippen LogP contribution in [0.1, 0.15) is 13.3 Å². The highest BCUT2D eigenvalue weighted by Crippen LogP contribution is 2.73. The molecular formula is C22H19NO5. The van der Waals surface area contributed by atoms with E-state index >= 15 is 0 Å². The van der Waals surface area contributed by atoms with Gasteiger partial charge in [0.25, 0.3) is 0 Å². The fourth-order valence-electron chi connectivity index (χ4n) is 5.35. The number of hydrogen-bond acceptors (Lipinski definition) is 6. The first kappa shape index (κ1) is 17.6. The second-order valence-corrected chi connectivity index (χ2v) is 7.66. The summed E-state index contributed by atoms with van der Waals surface area (Å²) in [6.45, 7) is 2.00. The van der Waals surface area contributed by atoms with Gasteiger partial charge in [0.15, 0.2) is 11.4 Å². The summed E-state index contributed by atoms with van der Waals surface area (Å²) in [7, 11) is 2.96. The van der Waals surface area contributed by atoms with Crippen molar-refractivity contribution in [2.75, 3.05) is 14.2 Å². The third-order valence-electron chi connectivity index (χ3n) is 6.60. The van der Waals surface area contributed by atoms with Crippen LogP contribution in [0.3, 0.4) is 0 Å². The third kappa shape index (κ3) is 1.67. The number of aliphatic hydroxyl groups is 1. The summed E-state index contributed by atoms with van der Waals surface area (Å²) in [5.74, 6) is 10.1. The van der Waals surface area contributed by atoms with E-state index in [1.54, 1.807) is 18.2 Å². The summed E-state index contributed by atoms with van der Waals surface area (Å²) in [4.78, 5) is 17.0. The van der Waals surface area contributed by atoms with E-state index in [4.69, 9.17) is 19.2 Å². The van der Waals surface area contributed by atoms with Crippen molar-refractivity contribution in [3.8, 4) is 23.7 Å². The van der Waals surface area contributed by atoms with Crippen LogP contribution in [0.25, 0.3) is 0 Å². The predicted octanol–water partition coefficient (Wildman–Crippen LogP) is 0.719. The molecule has 0 unspecified atom stereocenters. The van der Waals surface area contributed by atoms with Gasteiger partial charge in [-0.2, -0.15) is 0 Å². The van der Waals surface area contributed by atoms with Gasteiger partial charge in [-0.15, -0.1) is 0 Å². The maximum Gasteiger partial charge on any atom is 0.216 e. The van der Waals surface area contributed by atoms with Crippen LogP contribution in [0.5, 0.6) is 0 Å². The Morgan fingerprint density at radius 2 is 2.00 bits per heavy atom. The summed E-state index contributed by atoms with van der Waals surface area (Å²) in [5, 5.41) is 12.1. The maximum atomic E-state index is 12.2. The number of allylic oxidation sites excluding steroid dienone is 5. The van der Waals surface area contributed by atoms with Gasteiger partial charge in [-0.05, 0) is 36.3 Å². The summed E-state index contributed by atoms with van der Waals surface area (Å²) in [6.07, 6.45) is 8.06. The van der Waals surface area contributed by atoms with Crippen molar-refractivity contribution in [2.24, 2.45) is 10.9 Å². The number of carbonyl (C=O) groups is 1. The lowest BCUT2D eigenvalue weighted by molar-refractivity contribution is -0.310. The number of carbonyl (C=O) groups excluding carboxylic acids is 1. The zero-order chi connectivity index (χ0) is 19.8. The van der Waals surface area contributed by atoms with Crippen LogP contribution < -0.4 is 0 Å². The highest BCUT2D eigenvalue weighted by molar-refractivity contribution is 6.22. The van der Waals surface area contributed by atoms with Crippen LogP contribution in [0.15, 0.2) is 40.9 Å². The minimum atomic E-state index is -1.88. The number of fused-ring (bicyclic) bond motifs is 1. The molecule has 0 aromatic heterocycles. The van der Waals surface area contributed by atoms with Crippen LogP contribution in [0.2, 0.25) is 0 Å². The molecule has 5 atom stereocenters. The molecule has 2 fully saturated rings. The maximum absolute atomic E-state index is 12.2. The largest absolute Gasteiger partial charge is 0.370 e. The van der Waals surface area contributed by atoms with E-state index in [-0.39, 0.29) is 11.7 Å². The molecule has 2 aliphatic heterocycles.